The standard InChI is InChI=1S/C35H40N8O4/c1-23-19-24(20-29-32(23)39-40-38-29)21-31(33(44)41-15-10-26(11-16-41)28-9-5-6-14-36-28)47-35(46)42-17-12-27(13-18-42)43-22-30(37-34(43)45)25-7-3-2-4-8-25/h2-9,14,19-20,22,26-27,31,33,44H,10-13,15-18,21H2,1H3,(H,37,45)(H,38,39,40). The van der Waals surface area contributed by atoms with Gasteiger partial charge >= 0.3 is 11.8 Å². The molecule has 1 amide bonds. The number of aliphatic hydroxyl groups is 1. The van der Waals surface area contributed by atoms with Crippen LogP contribution in [0.3, 0.4) is 0 Å². The monoisotopic (exact) mass is 636 g/mol. The van der Waals surface area contributed by atoms with E-state index < -0.39 is 18.4 Å². The van der Waals surface area contributed by atoms with Gasteiger partial charge in [0.25, 0.3) is 0 Å². The van der Waals surface area contributed by atoms with Crippen molar-refractivity contribution in [2.45, 2.75) is 63.3 Å². The molecular weight excluding hydrogens is 596 g/mol. The number of nitrogens with one attached hydrogen (secondary N) is 2. The second-order valence-corrected chi connectivity index (χ2v) is 12.7. The fraction of sp³-hybridized carbons (Fsp3) is 0.400. The van der Waals surface area contributed by atoms with Gasteiger partial charge in [-0.05, 0) is 67.5 Å². The van der Waals surface area contributed by atoms with Crippen LogP contribution in [-0.2, 0) is 11.2 Å². The maximum atomic E-state index is 13.6. The van der Waals surface area contributed by atoms with Crippen LogP contribution in [-0.4, -0.2) is 89.5 Å². The molecule has 0 saturated carbocycles. The molecule has 2 atom stereocenters. The van der Waals surface area contributed by atoms with Crippen LogP contribution in [0.2, 0.25) is 0 Å². The molecule has 2 aliphatic heterocycles. The highest BCUT2D eigenvalue weighted by Crippen LogP contribution is 2.30. The predicted molar refractivity (Wildman–Crippen MR) is 177 cm³/mol. The van der Waals surface area contributed by atoms with E-state index in [0.717, 1.165) is 52.0 Å². The van der Waals surface area contributed by atoms with Crippen LogP contribution >= 0.6 is 0 Å². The Morgan fingerprint density at radius 2 is 1.77 bits per heavy atom. The number of benzene rings is 2. The Balaban J connectivity index is 1.03. The van der Waals surface area contributed by atoms with Crippen molar-refractivity contribution < 1.29 is 14.6 Å². The SMILES string of the molecule is Cc1cc(CC(OC(=O)N2CCC(n3cc(-c4ccccc4)[nH]c3=O)CC2)C(O)N2CCC(c3ccccn3)CC2)cc2n[nH]nc12. The molecule has 12 heteroatoms. The molecule has 5 aromatic rings. The molecule has 0 bridgehead atoms. The molecule has 2 fully saturated rings. The number of aryl methyl sites for hydroxylation is 1. The minimum atomic E-state index is -0.982. The van der Waals surface area contributed by atoms with E-state index in [1.54, 1.807) is 9.47 Å². The highest BCUT2D eigenvalue weighted by Gasteiger charge is 2.35. The van der Waals surface area contributed by atoms with Crippen molar-refractivity contribution in [3.8, 4) is 11.3 Å². The summed E-state index contributed by atoms with van der Waals surface area (Å²) in [5.41, 5.74) is 6.03. The number of aromatic nitrogens is 6. The van der Waals surface area contributed by atoms with Gasteiger partial charge in [-0.15, -0.1) is 0 Å². The normalized spacial score (nSPS) is 18.0. The summed E-state index contributed by atoms with van der Waals surface area (Å²) in [4.78, 5) is 37.6. The van der Waals surface area contributed by atoms with Gasteiger partial charge in [0.1, 0.15) is 23.4 Å². The third-order valence-corrected chi connectivity index (χ3v) is 9.65. The lowest BCUT2D eigenvalue weighted by Gasteiger charge is -2.39. The van der Waals surface area contributed by atoms with Gasteiger partial charge in [-0.25, -0.2) is 9.59 Å². The van der Waals surface area contributed by atoms with Crippen molar-refractivity contribution in [3.63, 3.8) is 0 Å². The molecular formula is C35H40N8O4. The molecule has 2 unspecified atom stereocenters. The quantitative estimate of drug-likeness (QED) is 0.227. The Hall–Kier alpha value is -4.81. The summed E-state index contributed by atoms with van der Waals surface area (Å²) in [5, 5.41) is 22.9. The first-order valence-corrected chi connectivity index (χ1v) is 16.4. The number of carbonyl (C=O) groups is 1. The Labute approximate surface area is 272 Å². The zero-order valence-corrected chi connectivity index (χ0v) is 26.5. The number of piperidine rings is 2. The number of hydrogen-bond acceptors (Lipinski definition) is 8. The molecule has 5 heterocycles. The number of ether oxygens (including phenoxy) is 1. The smallest absolute Gasteiger partial charge is 0.410 e. The zero-order valence-electron chi connectivity index (χ0n) is 26.5. The van der Waals surface area contributed by atoms with Crippen LogP contribution in [0, 0.1) is 6.92 Å². The second kappa shape index (κ2) is 13.5. The lowest BCUT2D eigenvalue weighted by molar-refractivity contribution is -0.0992. The molecule has 0 spiro atoms. The first-order chi connectivity index (χ1) is 22.9. The first kappa shape index (κ1) is 30.8. The van der Waals surface area contributed by atoms with Crippen molar-refractivity contribution in [1.82, 2.24) is 39.7 Å². The molecule has 3 N–H and O–H groups in total. The average Bonchev–Trinajstić information content (AvgIpc) is 3.76. The number of hydrogen-bond donors (Lipinski definition) is 3. The second-order valence-electron chi connectivity index (χ2n) is 12.7. The van der Waals surface area contributed by atoms with Crippen LogP contribution in [0.4, 0.5) is 4.79 Å². The summed E-state index contributed by atoms with van der Waals surface area (Å²) in [6, 6.07) is 19.7. The number of aliphatic hydroxyl groups excluding tert-OH is 1. The van der Waals surface area contributed by atoms with Crippen molar-refractivity contribution in [1.29, 1.82) is 0 Å². The van der Waals surface area contributed by atoms with Gasteiger partial charge in [0.2, 0.25) is 0 Å². The fourth-order valence-electron chi connectivity index (χ4n) is 7.04. The largest absolute Gasteiger partial charge is 0.442 e. The van der Waals surface area contributed by atoms with Crippen LogP contribution < -0.4 is 5.69 Å². The number of carbonyl (C=O) groups excluding carboxylic acids is 1. The number of imidazole rings is 1. The van der Waals surface area contributed by atoms with E-state index in [-0.39, 0.29) is 11.7 Å². The third kappa shape index (κ3) is 6.70. The van der Waals surface area contributed by atoms with Crippen LogP contribution in [0.25, 0.3) is 22.3 Å². The average molecular weight is 637 g/mol. The molecule has 12 nitrogen and oxygen atoms in total. The van der Waals surface area contributed by atoms with E-state index in [9.17, 15) is 14.7 Å². The molecule has 47 heavy (non-hydrogen) atoms. The van der Waals surface area contributed by atoms with E-state index >= 15 is 0 Å². The number of pyridine rings is 1. The summed E-state index contributed by atoms with van der Waals surface area (Å²) in [6.45, 7) is 4.20. The van der Waals surface area contributed by atoms with Crippen LogP contribution in [0.1, 0.15) is 54.5 Å². The summed E-state index contributed by atoms with van der Waals surface area (Å²) in [5.74, 6) is 0.329. The number of H-pyrrole nitrogens is 2. The van der Waals surface area contributed by atoms with Gasteiger partial charge in [-0.2, -0.15) is 15.4 Å². The molecule has 244 valence electrons. The summed E-state index contributed by atoms with van der Waals surface area (Å²) < 4.78 is 7.89. The van der Waals surface area contributed by atoms with Gasteiger partial charge in [0, 0.05) is 62.6 Å². The molecule has 0 aliphatic carbocycles. The van der Waals surface area contributed by atoms with E-state index in [1.165, 1.54) is 0 Å². The minimum Gasteiger partial charge on any atom is -0.442 e. The number of aromatic amines is 2. The maximum Gasteiger partial charge on any atom is 0.410 e. The number of nitrogens with zero attached hydrogens (tertiary/aromatic N) is 6. The molecule has 2 aliphatic rings. The highest BCUT2D eigenvalue weighted by molar-refractivity contribution is 5.78. The Bertz CT molecular complexity index is 1850. The Morgan fingerprint density at radius 3 is 2.51 bits per heavy atom. The zero-order chi connectivity index (χ0) is 32.3. The molecule has 0 radical (unpaired) electrons. The topological polar surface area (TPSA) is 145 Å². The lowest BCUT2D eigenvalue weighted by atomic mass is 9.92. The lowest BCUT2D eigenvalue weighted by Crippen LogP contribution is -2.51. The number of likely N-dealkylation sites (tertiary alicyclic amines) is 2. The maximum absolute atomic E-state index is 13.6. The number of amides is 1. The van der Waals surface area contributed by atoms with Crippen molar-refractivity contribution >= 4 is 17.1 Å². The number of fused-ring (bicyclic) bond motifs is 1. The first-order valence-electron chi connectivity index (χ1n) is 16.4. The van der Waals surface area contributed by atoms with Crippen molar-refractivity contribution in [2.24, 2.45) is 0 Å². The van der Waals surface area contributed by atoms with Crippen molar-refractivity contribution in [3.05, 3.63) is 100 Å². The Kier molecular flexibility index (Phi) is 8.86. The molecule has 7 rings (SSSR count). The van der Waals surface area contributed by atoms with E-state index in [1.807, 2.05) is 78.8 Å². The molecule has 3 aromatic heterocycles. The summed E-state index contributed by atoms with van der Waals surface area (Å²) >= 11 is 0. The highest BCUT2D eigenvalue weighted by atomic mass is 16.6. The molecule has 2 aromatic carbocycles. The third-order valence-electron chi connectivity index (χ3n) is 9.65. The van der Waals surface area contributed by atoms with Crippen molar-refractivity contribution in [2.75, 3.05) is 26.2 Å². The number of rotatable bonds is 8. The summed E-state index contributed by atoms with van der Waals surface area (Å²) in [7, 11) is 0. The summed E-state index contributed by atoms with van der Waals surface area (Å²) in [6.07, 6.45) is 4.74. The van der Waals surface area contributed by atoms with E-state index in [2.05, 4.69) is 31.4 Å². The predicted octanol–water partition coefficient (Wildman–Crippen LogP) is 4.40. The Morgan fingerprint density at radius 1 is 1.00 bits per heavy atom. The van der Waals surface area contributed by atoms with E-state index in [0.29, 0.717) is 51.4 Å². The minimum absolute atomic E-state index is 0.0285. The molecule has 2 saturated heterocycles. The van der Waals surface area contributed by atoms with Crippen LogP contribution in [0.15, 0.2) is 77.9 Å². The van der Waals surface area contributed by atoms with Gasteiger partial charge in [-0.3, -0.25) is 14.5 Å². The van der Waals surface area contributed by atoms with Crippen LogP contribution in [0.5, 0.6) is 0 Å². The van der Waals surface area contributed by atoms with Gasteiger partial charge in [-0.1, -0.05) is 42.5 Å². The van der Waals surface area contributed by atoms with Gasteiger partial charge < -0.3 is 19.7 Å². The van der Waals surface area contributed by atoms with Gasteiger partial charge in [0.15, 0.2) is 0 Å². The van der Waals surface area contributed by atoms with Gasteiger partial charge in [0.05, 0.1) is 5.69 Å². The fourth-order valence-corrected chi connectivity index (χ4v) is 7.04. The van der Waals surface area contributed by atoms with E-state index in [4.69, 9.17) is 4.74 Å².